The predicted molar refractivity (Wildman–Crippen MR) is 120 cm³/mol. The number of nitrogen functional groups attached to an aromatic ring is 1. The third-order valence-corrected chi connectivity index (χ3v) is 5.70. The minimum atomic E-state index is -0.762. The maximum Gasteiger partial charge on any atom is 0.318 e. The van der Waals surface area contributed by atoms with Gasteiger partial charge in [0.25, 0.3) is 0 Å². The van der Waals surface area contributed by atoms with Gasteiger partial charge in [-0.25, -0.2) is 0 Å². The molecule has 0 spiro atoms. The molecule has 2 atom stereocenters. The first-order valence-electron chi connectivity index (χ1n) is 9.03. The van der Waals surface area contributed by atoms with Gasteiger partial charge in [-0.1, -0.05) is 30.3 Å². The average Bonchev–Trinajstić information content (AvgIpc) is 3.01. The quantitative estimate of drug-likeness (QED) is 0.276. The van der Waals surface area contributed by atoms with E-state index in [4.69, 9.17) is 20.6 Å². The van der Waals surface area contributed by atoms with Crippen molar-refractivity contribution in [3.05, 3.63) is 52.5 Å². The van der Waals surface area contributed by atoms with Crippen molar-refractivity contribution in [1.29, 1.82) is 5.41 Å². The molecule has 0 bridgehead atoms. The molecule has 3 N–H and O–H groups in total. The second-order valence-corrected chi connectivity index (χ2v) is 7.72. The van der Waals surface area contributed by atoms with E-state index in [1.807, 2.05) is 30.3 Å². The van der Waals surface area contributed by atoms with Crippen LogP contribution in [0.5, 0.6) is 5.75 Å². The Morgan fingerprint density at radius 1 is 1.23 bits per heavy atom. The Labute approximate surface area is 189 Å². The number of hydrogen-bond acceptors (Lipinski definition) is 5. The molecule has 30 heavy (non-hydrogen) atoms. The lowest BCUT2D eigenvalue weighted by atomic mass is 10.0. The van der Waals surface area contributed by atoms with E-state index in [0.29, 0.717) is 17.7 Å². The van der Waals surface area contributed by atoms with Crippen molar-refractivity contribution >= 4 is 46.0 Å². The van der Waals surface area contributed by atoms with Crippen molar-refractivity contribution in [3.63, 3.8) is 0 Å². The molecule has 0 aliphatic carbocycles. The maximum atomic E-state index is 12.2. The van der Waals surface area contributed by atoms with Crippen LogP contribution in [0.25, 0.3) is 11.1 Å². The first-order valence-corrected chi connectivity index (χ1v) is 9.82. The van der Waals surface area contributed by atoms with E-state index < -0.39 is 11.9 Å². The number of likely N-dealkylation sites (tertiary alicyclic amines) is 1. The Kier molecular flexibility index (Phi) is 7.86. The molecule has 2 aromatic rings. The first-order chi connectivity index (χ1) is 13.8. The molecule has 160 valence electrons. The molecule has 1 saturated heterocycles. The van der Waals surface area contributed by atoms with Crippen LogP contribution in [-0.4, -0.2) is 49.4 Å². The number of carbonyl (C=O) groups excluding carboxylic acids is 2. The van der Waals surface area contributed by atoms with Crippen LogP contribution in [0.15, 0.2) is 46.9 Å². The van der Waals surface area contributed by atoms with E-state index in [0.717, 1.165) is 15.6 Å². The van der Waals surface area contributed by atoms with Gasteiger partial charge in [0.2, 0.25) is 5.91 Å². The van der Waals surface area contributed by atoms with Crippen LogP contribution in [0.4, 0.5) is 0 Å². The fraction of sp³-hybridized carbons (Fsp3) is 0.286. The lowest BCUT2D eigenvalue weighted by Crippen LogP contribution is -2.34. The summed E-state index contributed by atoms with van der Waals surface area (Å²) in [6.45, 7) is 0.279. The fourth-order valence-electron chi connectivity index (χ4n) is 3.30. The van der Waals surface area contributed by atoms with Crippen LogP contribution in [0.1, 0.15) is 12.0 Å². The molecular weight excluding hydrogens is 474 g/mol. The molecule has 2 aromatic carbocycles. The molecule has 7 nitrogen and oxygen atoms in total. The summed E-state index contributed by atoms with van der Waals surface area (Å²) in [6.07, 6.45) is 0.375. The van der Waals surface area contributed by atoms with E-state index in [1.54, 1.807) is 24.1 Å². The zero-order valence-electron chi connectivity index (χ0n) is 16.6. The molecule has 1 amide bonds. The summed E-state index contributed by atoms with van der Waals surface area (Å²) in [6, 6.07) is 13.0. The third kappa shape index (κ3) is 4.94. The first kappa shape index (κ1) is 23.7. The van der Waals surface area contributed by atoms with E-state index >= 15 is 0 Å². The van der Waals surface area contributed by atoms with Gasteiger partial charge in [0.05, 0.1) is 17.6 Å². The number of esters is 1. The molecule has 1 aliphatic heterocycles. The highest BCUT2D eigenvalue weighted by Gasteiger charge is 2.42. The predicted octanol–water partition coefficient (Wildman–Crippen LogP) is 3.22. The van der Waals surface area contributed by atoms with Gasteiger partial charge >= 0.3 is 5.97 Å². The molecule has 0 aromatic heterocycles. The topological polar surface area (TPSA) is 106 Å². The lowest BCUT2D eigenvalue weighted by molar-refractivity contribution is -0.150. The molecule has 1 aliphatic rings. The highest BCUT2D eigenvalue weighted by atomic mass is 79.9. The van der Waals surface area contributed by atoms with Crippen molar-refractivity contribution in [3.8, 4) is 16.9 Å². The number of amidine groups is 1. The molecule has 1 fully saturated rings. The van der Waals surface area contributed by atoms with Crippen molar-refractivity contribution in [2.75, 3.05) is 20.8 Å². The molecular formula is C21H23BrClN3O4. The van der Waals surface area contributed by atoms with E-state index in [9.17, 15) is 9.59 Å². The number of halogens is 2. The smallest absolute Gasteiger partial charge is 0.318 e. The molecule has 9 heteroatoms. The largest absolute Gasteiger partial charge is 0.490 e. The maximum absolute atomic E-state index is 12.2. The summed E-state index contributed by atoms with van der Waals surface area (Å²) in [5.74, 6) is -0.829. The highest BCUT2D eigenvalue weighted by molar-refractivity contribution is 9.10. The number of methoxy groups -OCH3 is 1. The standard InChI is InChI=1S/C21H22BrN3O4.ClH/c1-25-15(10-16(20(25)26)21(27)28-2)11-29-18-8-7-14(9-17(18)22)12-3-5-13(6-4-12)19(23)24;/h3-9,15-16H,10-11H2,1-2H3,(H3,23,24);1H/t15-,16-;/m0./s1. The number of ether oxygens (including phenoxy) is 2. The molecule has 0 radical (unpaired) electrons. The molecule has 3 rings (SSSR count). The normalized spacial score (nSPS) is 18.0. The van der Waals surface area contributed by atoms with Crippen LogP contribution in [0, 0.1) is 11.3 Å². The molecule has 1 heterocycles. The van der Waals surface area contributed by atoms with Crippen LogP contribution in [0.3, 0.4) is 0 Å². The van der Waals surface area contributed by atoms with Gasteiger partial charge in [0.15, 0.2) is 0 Å². The van der Waals surface area contributed by atoms with Gasteiger partial charge in [-0.2, -0.15) is 0 Å². The van der Waals surface area contributed by atoms with Crippen molar-refractivity contribution in [2.45, 2.75) is 12.5 Å². The van der Waals surface area contributed by atoms with Crippen molar-refractivity contribution in [2.24, 2.45) is 11.7 Å². The fourth-order valence-corrected chi connectivity index (χ4v) is 3.79. The number of nitrogens with one attached hydrogen (secondary N) is 1. The summed E-state index contributed by atoms with van der Waals surface area (Å²) in [5, 5.41) is 7.47. The Balaban J connectivity index is 0.00000320. The number of nitrogens with zero attached hydrogens (tertiary/aromatic N) is 1. The summed E-state index contributed by atoms with van der Waals surface area (Å²) < 4.78 is 11.4. The second-order valence-electron chi connectivity index (χ2n) is 6.86. The van der Waals surface area contributed by atoms with Crippen LogP contribution >= 0.6 is 28.3 Å². The zero-order valence-corrected chi connectivity index (χ0v) is 19.0. The SMILES string of the molecule is COC(=O)[C@H]1C[C@@H](COc2ccc(-c3ccc(C(=N)N)cc3)cc2Br)N(C)C1=O.Cl. The van der Waals surface area contributed by atoms with Gasteiger partial charge in [-0.05, 0) is 45.6 Å². The van der Waals surface area contributed by atoms with Gasteiger partial charge in [0, 0.05) is 12.6 Å². The summed E-state index contributed by atoms with van der Waals surface area (Å²) >= 11 is 3.53. The number of amides is 1. The van der Waals surface area contributed by atoms with Gasteiger partial charge in [-0.3, -0.25) is 15.0 Å². The summed E-state index contributed by atoms with van der Waals surface area (Å²) in [7, 11) is 2.95. The van der Waals surface area contributed by atoms with E-state index in [2.05, 4.69) is 15.9 Å². The lowest BCUT2D eigenvalue weighted by Gasteiger charge is -2.20. The highest BCUT2D eigenvalue weighted by Crippen LogP contribution is 2.32. The van der Waals surface area contributed by atoms with Gasteiger partial charge in [0.1, 0.15) is 24.1 Å². The Hall–Kier alpha value is -2.58. The average molecular weight is 497 g/mol. The number of rotatable bonds is 6. The minimum absolute atomic E-state index is 0. The molecule has 0 unspecified atom stereocenters. The number of hydrogen-bond donors (Lipinski definition) is 2. The number of carbonyl (C=O) groups is 2. The Morgan fingerprint density at radius 3 is 2.43 bits per heavy atom. The monoisotopic (exact) mass is 495 g/mol. The summed E-state index contributed by atoms with van der Waals surface area (Å²) in [4.78, 5) is 25.5. The Bertz CT molecular complexity index is 952. The van der Waals surface area contributed by atoms with E-state index in [-0.39, 0.29) is 36.8 Å². The van der Waals surface area contributed by atoms with Gasteiger partial charge < -0.3 is 20.1 Å². The van der Waals surface area contributed by atoms with Crippen LogP contribution < -0.4 is 10.5 Å². The second kappa shape index (κ2) is 9.95. The number of nitrogens with two attached hydrogens (primary N) is 1. The van der Waals surface area contributed by atoms with Crippen molar-refractivity contribution < 1.29 is 19.1 Å². The third-order valence-electron chi connectivity index (χ3n) is 5.08. The summed E-state index contributed by atoms with van der Waals surface area (Å²) in [5.41, 5.74) is 8.14. The van der Waals surface area contributed by atoms with E-state index in [1.165, 1.54) is 7.11 Å². The number of benzene rings is 2. The zero-order chi connectivity index (χ0) is 21.1. The van der Waals surface area contributed by atoms with Crippen molar-refractivity contribution in [1.82, 2.24) is 4.90 Å². The number of likely N-dealkylation sites (N-methyl/N-ethyl adjacent to an activating group) is 1. The van der Waals surface area contributed by atoms with Crippen LogP contribution in [-0.2, 0) is 14.3 Å². The van der Waals surface area contributed by atoms with Gasteiger partial charge in [-0.15, -0.1) is 12.4 Å². The minimum Gasteiger partial charge on any atom is -0.490 e. The molecule has 0 saturated carbocycles. The Morgan fingerprint density at radius 2 is 1.87 bits per heavy atom. The van der Waals surface area contributed by atoms with Crippen LogP contribution in [0.2, 0.25) is 0 Å².